The zero-order chi connectivity index (χ0) is 24.5. The van der Waals surface area contributed by atoms with Crippen LogP contribution < -0.4 is 14.8 Å². The summed E-state index contributed by atoms with van der Waals surface area (Å²) >= 11 is 5.82. The number of ether oxygens (including phenoxy) is 3. The fraction of sp³-hybridized carbons (Fsp3) is 0.227. The quantitative estimate of drug-likeness (QED) is 0.188. The second-order valence-corrected chi connectivity index (χ2v) is 7.16. The molecular weight excluding hydrogens is 468 g/mol. The normalized spacial score (nSPS) is 10.4. The highest BCUT2D eigenvalue weighted by molar-refractivity contribution is 6.30. The van der Waals surface area contributed by atoms with E-state index in [1.807, 2.05) is 0 Å². The molecule has 0 aliphatic carbocycles. The molecule has 1 amide bonds. The van der Waals surface area contributed by atoms with Gasteiger partial charge in [0.25, 0.3) is 11.6 Å². The van der Waals surface area contributed by atoms with Crippen molar-refractivity contribution in [3.63, 3.8) is 0 Å². The highest BCUT2D eigenvalue weighted by Gasteiger charge is 2.21. The predicted molar refractivity (Wildman–Crippen MR) is 122 cm³/mol. The molecule has 1 N–H and O–H groups in total. The number of carbonyl (C=O) groups excluding carboxylic acids is 2. The number of aromatic nitrogens is 2. The zero-order valence-electron chi connectivity index (χ0n) is 18.1. The first kappa shape index (κ1) is 24.5. The molecule has 0 spiro atoms. The van der Waals surface area contributed by atoms with Gasteiger partial charge in [0.1, 0.15) is 12.4 Å². The highest BCUT2D eigenvalue weighted by atomic mass is 35.5. The molecule has 0 atom stereocenters. The van der Waals surface area contributed by atoms with Gasteiger partial charge < -0.3 is 19.5 Å². The van der Waals surface area contributed by atoms with Gasteiger partial charge >= 0.3 is 5.97 Å². The summed E-state index contributed by atoms with van der Waals surface area (Å²) in [6.07, 6.45) is 1.39. The van der Waals surface area contributed by atoms with Crippen LogP contribution >= 0.6 is 11.6 Å². The third-order valence-corrected chi connectivity index (χ3v) is 4.59. The van der Waals surface area contributed by atoms with Crippen molar-refractivity contribution < 1.29 is 28.7 Å². The van der Waals surface area contributed by atoms with E-state index in [9.17, 15) is 19.7 Å². The van der Waals surface area contributed by atoms with E-state index in [0.29, 0.717) is 16.5 Å². The first-order chi connectivity index (χ1) is 16.4. The molecule has 0 unspecified atom stereocenters. The Morgan fingerprint density at radius 2 is 1.82 bits per heavy atom. The summed E-state index contributed by atoms with van der Waals surface area (Å²) in [6.45, 7) is 1.86. The lowest BCUT2D eigenvalue weighted by atomic mass is 10.3. The molecular formula is C22H21ClN4O7. The first-order valence-electron chi connectivity index (χ1n) is 10.2. The van der Waals surface area contributed by atoms with Crippen molar-refractivity contribution in [2.75, 3.05) is 26.4 Å². The maximum absolute atomic E-state index is 12.3. The number of amides is 1. The number of esters is 1. The molecule has 11 nitrogen and oxygen atoms in total. The Bertz CT molecular complexity index is 1150. The molecule has 34 heavy (non-hydrogen) atoms. The van der Waals surface area contributed by atoms with Crippen molar-refractivity contribution in [2.24, 2.45) is 0 Å². The van der Waals surface area contributed by atoms with Gasteiger partial charge in [-0.25, -0.2) is 9.48 Å². The molecule has 3 aromatic rings. The van der Waals surface area contributed by atoms with Crippen molar-refractivity contribution in [3.8, 4) is 17.2 Å². The summed E-state index contributed by atoms with van der Waals surface area (Å²) in [5.74, 6) is -0.510. The standard InChI is InChI=1S/C22H21ClN4O7/c1-2-32-22(29)21-19(13-26(25-21)16-5-7-17(8-6-16)27(30)31)34-14-20(28)24-11-12-33-18-9-3-15(23)4-10-18/h3-10,13H,2,11-12,14H2,1H3,(H,24,28). The van der Waals surface area contributed by atoms with Gasteiger partial charge in [0.05, 0.1) is 30.0 Å². The van der Waals surface area contributed by atoms with Gasteiger partial charge in [-0.3, -0.25) is 14.9 Å². The third kappa shape index (κ3) is 6.69. The van der Waals surface area contributed by atoms with E-state index >= 15 is 0 Å². The Kier molecular flexibility index (Phi) is 8.41. The van der Waals surface area contributed by atoms with Crippen molar-refractivity contribution >= 4 is 29.2 Å². The molecule has 178 valence electrons. The van der Waals surface area contributed by atoms with Crippen LogP contribution in [0.25, 0.3) is 5.69 Å². The summed E-state index contributed by atoms with van der Waals surface area (Å²) in [6, 6.07) is 12.4. The molecule has 0 radical (unpaired) electrons. The van der Waals surface area contributed by atoms with E-state index < -0.39 is 16.8 Å². The number of nitrogens with zero attached hydrogens (tertiary/aromatic N) is 3. The monoisotopic (exact) mass is 488 g/mol. The third-order valence-electron chi connectivity index (χ3n) is 4.34. The van der Waals surface area contributed by atoms with Gasteiger partial charge in [-0.2, -0.15) is 5.10 Å². The van der Waals surface area contributed by atoms with Crippen LogP contribution in [-0.2, 0) is 9.53 Å². The number of benzene rings is 2. The van der Waals surface area contributed by atoms with Crippen molar-refractivity contribution in [1.29, 1.82) is 0 Å². The van der Waals surface area contributed by atoms with Crippen LogP contribution in [-0.4, -0.2) is 52.9 Å². The van der Waals surface area contributed by atoms with E-state index in [2.05, 4.69) is 10.4 Å². The number of hydrogen-bond acceptors (Lipinski definition) is 8. The average molecular weight is 489 g/mol. The number of nitro benzene ring substituents is 1. The number of halogens is 1. The fourth-order valence-electron chi connectivity index (χ4n) is 2.75. The molecule has 2 aromatic carbocycles. The minimum atomic E-state index is -0.727. The zero-order valence-corrected chi connectivity index (χ0v) is 18.9. The number of carbonyl (C=O) groups is 2. The topological polar surface area (TPSA) is 135 Å². The van der Waals surface area contributed by atoms with E-state index in [1.165, 1.54) is 35.1 Å². The van der Waals surface area contributed by atoms with Gasteiger partial charge in [0.15, 0.2) is 12.4 Å². The van der Waals surface area contributed by atoms with Gasteiger partial charge in [-0.1, -0.05) is 11.6 Å². The summed E-state index contributed by atoms with van der Waals surface area (Å²) in [5, 5.41) is 18.2. The van der Waals surface area contributed by atoms with Gasteiger partial charge in [-0.15, -0.1) is 0 Å². The first-order valence-corrected chi connectivity index (χ1v) is 10.5. The summed E-state index contributed by atoms with van der Waals surface area (Å²) in [7, 11) is 0. The second-order valence-electron chi connectivity index (χ2n) is 6.72. The molecule has 0 saturated carbocycles. The maximum Gasteiger partial charge on any atom is 0.362 e. The van der Waals surface area contributed by atoms with Crippen molar-refractivity contribution in [3.05, 3.63) is 75.6 Å². The number of non-ortho nitro benzene ring substituents is 1. The van der Waals surface area contributed by atoms with Crippen LogP contribution in [0.3, 0.4) is 0 Å². The molecule has 0 saturated heterocycles. The fourth-order valence-corrected chi connectivity index (χ4v) is 2.87. The van der Waals surface area contributed by atoms with Crippen LogP contribution in [0.15, 0.2) is 54.7 Å². The number of hydrogen-bond donors (Lipinski definition) is 1. The van der Waals surface area contributed by atoms with E-state index in [-0.39, 0.29) is 43.5 Å². The molecule has 0 aliphatic rings. The molecule has 3 rings (SSSR count). The van der Waals surface area contributed by atoms with Crippen LogP contribution in [0.5, 0.6) is 11.5 Å². The molecule has 1 heterocycles. The number of rotatable bonds is 11. The molecule has 1 aromatic heterocycles. The molecule has 0 aliphatic heterocycles. The van der Waals surface area contributed by atoms with E-state index in [1.54, 1.807) is 31.2 Å². The number of nitrogens with one attached hydrogen (secondary N) is 1. The van der Waals surface area contributed by atoms with Gasteiger partial charge in [0.2, 0.25) is 5.69 Å². The minimum absolute atomic E-state index is 0.0318. The molecule has 12 heteroatoms. The maximum atomic E-state index is 12.3. The largest absolute Gasteiger partial charge is 0.492 e. The lowest BCUT2D eigenvalue weighted by Gasteiger charge is -2.09. The number of nitro groups is 1. The van der Waals surface area contributed by atoms with Gasteiger partial charge in [-0.05, 0) is 43.3 Å². The Labute approximate surface area is 199 Å². The Morgan fingerprint density at radius 3 is 2.47 bits per heavy atom. The highest BCUT2D eigenvalue weighted by Crippen LogP contribution is 2.22. The lowest BCUT2D eigenvalue weighted by molar-refractivity contribution is -0.384. The van der Waals surface area contributed by atoms with E-state index in [4.69, 9.17) is 25.8 Å². The van der Waals surface area contributed by atoms with E-state index in [0.717, 1.165) is 0 Å². The summed E-state index contributed by atoms with van der Waals surface area (Å²) in [4.78, 5) is 34.7. The average Bonchev–Trinajstić information content (AvgIpc) is 3.26. The van der Waals surface area contributed by atoms with Crippen LogP contribution in [0.4, 0.5) is 5.69 Å². The summed E-state index contributed by atoms with van der Waals surface area (Å²) in [5.41, 5.74) is 0.239. The molecule has 0 bridgehead atoms. The summed E-state index contributed by atoms with van der Waals surface area (Å²) < 4.78 is 17.3. The van der Waals surface area contributed by atoms with Gasteiger partial charge in [0, 0.05) is 17.2 Å². The van der Waals surface area contributed by atoms with Crippen molar-refractivity contribution in [1.82, 2.24) is 15.1 Å². The van der Waals surface area contributed by atoms with Crippen molar-refractivity contribution in [2.45, 2.75) is 6.92 Å². The SMILES string of the molecule is CCOC(=O)c1nn(-c2ccc([N+](=O)[O-])cc2)cc1OCC(=O)NCCOc1ccc(Cl)cc1. The predicted octanol–water partition coefficient (Wildman–Crippen LogP) is 3.18. The Morgan fingerprint density at radius 1 is 1.12 bits per heavy atom. The van der Waals surface area contributed by atoms with Crippen LogP contribution in [0.1, 0.15) is 17.4 Å². The van der Waals surface area contributed by atoms with Crippen LogP contribution in [0.2, 0.25) is 5.02 Å². The smallest absolute Gasteiger partial charge is 0.362 e. The molecule has 0 fully saturated rings. The minimum Gasteiger partial charge on any atom is -0.492 e. The van der Waals surface area contributed by atoms with Crippen LogP contribution in [0, 0.1) is 10.1 Å². The lowest BCUT2D eigenvalue weighted by Crippen LogP contribution is -2.32. The second kappa shape index (κ2) is 11.7. The Hall–Kier alpha value is -4.12. The Balaban J connectivity index is 1.59.